The topological polar surface area (TPSA) is 190 Å². The zero-order valence-corrected chi connectivity index (χ0v) is 12.0. The maximum atomic E-state index is 9.94. The Morgan fingerprint density at radius 2 is 1.26 bits per heavy atom. The van der Waals surface area contributed by atoms with Crippen molar-refractivity contribution in [1.82, 2.24) is 0 Å². The van der Waals surface area contributed by atoms with E-state index in [4.69, 9.17) is 19.3 Å². The molecule has 2 rings (SSSR count). The van der Waals surface area contributed by atoms with Crippen molar-refractivity contribution in [2.45, 2.75) is 61.4 Å². The number of aliphatic hydroxyl groups is 8. The number of hydrogen-bond acceptors (Lipinski definition) is 11. The lowest BCUT2D eigenvalue weighted by atomic mass is 9.97. The fourth-order valence-corrected chi connectivity index (χ4v) is 2.57. The summed E-state index contributed by atoms with van der Waals surface area (Å²) in [5.74, 6) is 0. The summed E-state index contributed by atoms with van der Waals surface area (Å²) in [6.07, 6.45) is -15.6. The molecule has 0 aromatic rings. The highest BCUT2D eigenvalue weighted by molar-refractivity contribution is 4.93. The number of rotatable bonds is 4. The van der Waals surface area contributed by atoms with Crippen LogP contribution in [0.3, 0.4) is 0 Å². The Morgan fingerprint density at radius 3 is 1.83 bits per heavy atom. The second-order valence-corrected chi connectivity index (χ2v) is 5.53. The molecule has 2 saturated heterocycles. The highest BCUT2D eigenvalue weighted by Gasteiger charge is 2.50. The standard InChI is InChI=1S/C12H22O11/c13-1-3-5(15)6(16)9(19)12(22-3)23-10-4(2-14)21-11(20)8(18)7(10)17/h3-20H,1-2H2/t3-,4-,5-,6+,7-,8-,9-,10-,11?,12-/m0/s1. The monoisotopic (exact) mass is 342 g/mol. The summed E-state index contributed by atoms with van der Waals surface area (Å²) in [5.41, 5.74) is 0. The van der Waals surface area contributed by atoms with Crippen molar-refractivity contribution in [3.63, 3.8) is 0 Å². The maximum Gasteiger partial charge on any atom is 0.187 e. The lowest BCUT2D eigenvalue weighted by Gasteiger charge is -2.45. The van der Waals surface area contributed by atoms with Crippen molar-refractivity contribution in [1.29, 1.82) is 0 Å². The van der Waals surface area contributed by atoms with Gasteiger partial charge in [-0.25, -0.2) is 0 Å². The summed E-state index contributed by atoms with van der Waals surface area (Å²) in [6, 6.07) is 0. The van der Waals surface area contributed by atoms with Gasteiger partial charge in [0.05, 0.1) is 13.2 Å². The molecule has 2 fully saturated rings. The first-order valence-electron chi connectivity index (χ1n) is 7.08. The van der Waals surface area contributed by atoms with Crippen molar-refractivity contribution in [3.8, 4) is 0 Å². The Kier molecular flexibility index (Phi) is 6.27. The Hall–Kier alpha value is -0.440. The number of aliphatic hydroxyl groups excluding tert-OH is 8. The van der Waals surface area contributed by atoms with Crippen molar-refractivity contribution in [2.75, 3.05) is 13.2 Å². The van der Waals surface area contributed by atoms with Crippen LogP contribution in [0.1, 0.15) is 0 Å². The quantitative estimate of drug-likeness (QED) is 0.243. The van der Waals surface area contributed by atoms with E-state index in [2.05, 4.69) is 0 Å². The van der Waals surface area contributed by atoms with Gasteiger partial charge in [-0.05, 0) is 0 Å². The predicted octanol–water partition coefficient (Wildman–Crippen LogP) is -5.40. The molecule has 0 aliphatic carbocycles. The zero-order valence-electron chi connectivity index (χ0n) is 12.0. The zero-order chi connectivity index (χ0) is 17.3. The van der Waals surface area contributed by atoms with Crippen LogP contribution in [0.4, 0.5) is 0 Å². The van der Waals surface area contributed by atoms with Crippen LogP contribution in [-0.2, 0) is 14.2 Å². The van der Waals surface area contributed by atoms with Crippen LogP contribution in [0.15, 0.2) is 0 Å². The van der Waals surface area contributed by atoms with E-state index in [9.17, 15) is 35.7 Å². The molecule has 11 nitrogen and oxygen atoms in total. The lowest BCUT2D eigenvalue weighted by molar-refractivity contribution is -0.355. The molecular weight excluding hydrogens is 320 g/mol. The maximum absolute atomic E-state index is 9.94. The fourth-order valence-electron chi connectivity index (χ4n) is 2.57. The molecule has 0 saturated carbocycles. The number of hydrogen-bond donors (Lipinski definition) is 8. The predicted molar refractivity (Wildman–Crippen MR) is 68.6 cm³/mol. The highest BCUT2D eigenvalue weighted by atomic mass is 16.7. The fraction of sp³-hybridized carbons (Fsp3) is 1.00. The van der Waals surface area contributed by atoms with E-state index in [1.807, 2.05) is 0 Å². The van der Waals surface area contributed by atoms with E-state index in [1.165, 1.54) is 0 Å². The summed E-state index contributed by atoms with van der Waals surface area (Å²) in [4.78, 5) is 0. The minimum atomic E-state index is -1.74. The van der Waals surface area contributed by atoms with E-state index in [0.29, 0.717) is 0 Å². The van der Waals surface area contributed by atoms with Crippen molar-refractivity contribution in [2.24, 2.45) is 0 Å². The molecule has 2 heterocycles. The third-order valence-electron chi connectivity index (χ3n) is 3.98. The lowest BCUT2D eigenvalue weighted by Crippen LogP contribution is -2.64. The molecule has 0 bridgehead atoms. The Balaban J connectivity index is 2.11. The van der Waals surface area contributed by atoms with Gasteiger partial charge in [-0.2, -0.15) is 0 Å². The average Bonchev–Trinajstić information content (AvgIpc) is 2.55. The van der Waals surface area contributed by atoms with Crippen LogP contribution in [0.5, 0.6) is 0 Å². The Morgan fingerprint density at radius 1 is 0.652 bits per heavy atom. The highest BCUT2D eigenvalue weighted by Crippen LogP contribution is 2.28. The Labute approximate surface area is 130 Å². The van der Waals surface area contributed by atoms with Crippen molar-refractivity contribution < 1.29 is 55.1 Å². The smallest absolute Gasteiger partial charge is 0.187 e. The van der Waals surface area contributed by atoms with E-state index in [0.717, 1.165) is 0 Å². The van der Waals surface area contributed by atoms with Crippen LogP contribution in [0.25, 0.3) is 0 Å². The minimum Gasteiger partial charge on any atom is -0.394 e. The molecule has 1 unspecified atom stereocenters. The molecule has 0 amide bonds. The van der Waals surface area contributed by atoms with Crippen LogP contribution in [-0.4, -0.2) is 115 Å². The molecule has 10 atom stereocenters. The first-order valence-corrected chi connectivity index (χ1v) is 7.08. The molecule has 2 aliphatic heterocycles. The normalized spacial score (nSPS) is 51.7. The van der Waals surface area contributed by atoms with Crippen LogP contribution in [0, 0.1) is 0 Å². The molecule has 0 aromatic heterocycles. The van der Waals surface area contributed by atoms with E-state index in [1.54, 1.807) is 0 Å². The molecule has 0 radical (unpaired) electrons. The largest absolute Gasteiger partial charge is 0.394 e. The molecular formula is C12H22O11. The summed E-state index contributed by atoms with van der Waals surface area (Å²) >= 11 is 0. The second-order valence-electron chi connectivity index (χ2n) is 5.53. The molecule has 23 heavy (non-hydrogen) atoms. The van der Waals surface area contributed by atoms with Gasteiger partial charge in [0.25, 0.3) is 0 Å². The first kappa shape index (κ1) is 18.9. The third kappa shape index (κ3) is 3.65. The SMILES string of the molecule is OC[C@@H]1O[C@@H](O[C@@H]2[C@@H](O)[C@H](O)C(O)O[C@H]2CO)[C@@H](O)[C@H](O)[C@H]1O. The Bertz CT molecular complexity index is 378. The first-order chi connectivity index (χ1) is 10.8. The van der Waals surface area contributed by atoms with Gasteiger partial charge in [0.1, 0.15) is 48.8 Å². The summed E-state index contributed by atoms with van der Waals surface area (Å²) in [6.45, 7) is -1.35. The second kappa shape index (κ2) is 7.63. The van der Waals surface area contributed by atoms with Crippen LogP contribution in [0.2, 0.25) is 0 Å². The van der Waals surface area contributed by atoms with Gasteiger partial charge in [-0.1, -0.05) is 0 Å². The summed E-state index contributed by atoms with van der Waals surface area (Å²) in [7, 11) is 0. The van der Waals surface area contributed by atoms with Gasteiger partial charge in [-0.3, -0.25) is 0 Å². The summed E-state index contributed by atoms with van der Waals surface area (Å²) < 4.78 is 15.3. The molecule has 136 valence electrons. The van der Waals surface area contributed by atoms with Crippen molar-refractivity contribution >= 4 is 0 Å². The van der Waals surface area contributed by atoms with Crippen molar-refractivity contribution in [3.05, 3.63) is 0 Å². The third-order valence-corrected chi connectivity index (χ3v) is 3.98. The van der Waals surface area contributed by atoms with Gasteiger partial charge >= 0.3 is 0 Å². The van der Waals surface area contributed by atoms with Crippen LogP contribution >= 0.6 is 0 Å². The van der Waals surface area contributed by atoms with E-state index < -0.39 is 74.6 Å². The average molecular weight is 342 g/mol. The molecule has 11 heteroatoms. The van der Waals surface area contributed by atoms with E-state index >= 15 is 0 Å². The van der Waals surface area contributed by atoms with Gasteiger partial charge in [0, 0.05) is 0 Å². The van der Waals surface area contributed by atoms with Gasteiger partial charge in [0.15, 0.2) is 12.6 Å². The van der Waals surface area contributed by atoms with Gasteiger partial charge in [0.2, 0.25) is 0 Å². The molecule has 0 aromatic carbocycles. The van der Waals surface area contributed by atoms with Gasteiger partial charge < -0.3 is 55.1 Å². The molecule has 8 N–H and O–H groups in total. The van der Waals surface area contributed by atoms with E-state index in [-0.39, 0.29) is 0 Å². The summed E-state index contributed by atoms with van der Waals surface area (Å²) in [5, 5.41) is 76.5. The van der Waals surface area contributed by atoms with Gasteiger partial charge in [-0.15, -0.1) is 0 Å². The molecule has 0 spiro atoms. The molecule has 2 aliphatic rings. The van der Waals surface area contributed by atoms with Crippen LogP contribution < -0.4 is 0 Å². The minimum absolute atomic E-state index is 0.667. The number of ether oxygens (including phenoxy) is 3.